The Morgan fingerprint density at radius 2 is 1.81 bits per heavy atom. The number of fused-ring (bicyclic) bond motifs is 1. The summed E-state index contributed by atoms with van der Waals surface area (Å²) >= 11 is 0. The molecule has 32 heavy (non-hydrogen) atoms. The number of ether oxygens (including phenoxy) is 1. The number of amides is 1. The Labute approximate surface area is 193 Å². The summed E-state index contributed by atoms with van der Waals surface area (Å²) in [5, 5.41) is 7.10. The third-order valence-electron chi connectivity index (χ3n) is 9.78. The van der Waals surface area contributed by atoms with Crippen LogP contribution >= 0.6 is 0 Å². The minimum absolute atomic E-state index is 0.126. The number of carbonyl (C=O) groups is 1. The monoisotopic (exact) mass is 449 g/mol. The van der Waals surface area contributed by atoms with Gasteiger partial charge in [0.1, 0.15) is 6.17 Å². The van der Waals surface area contributed by atoms with Gasteiger partial charge in [0.25, 0.3) is 0 Å². The summed E-state index contributed by atoms with van der Waals surface area (Å²) in [6.45, 7) is 5.95. The summed E-state index contributed by atoms with van der Waals surface area (Å²) in [5.74, 6) is 1.01. The van der Waals surface area contributed by atoms with E-state index < -0.39 is 6.17 Å². The Morgan fingerprint density at radius 3 is 2.59 bits per heavy atom. The summed E-state index contributed by atoms with van der Waals surface area (Å²) in [6, 6.07) is 0.723. The molecule has 2 N–H and O–H groups in total. The molecule has 1 amide bonds. The second-order valence-corrected chi connectivity index (χ2v) is 11.5. The summed E-state index contributed by atoms with van der Waals surface area (Å²) in [4.78, 5) is 16.0. The highest BCUT2D eigenvalue weighted by Gasteiger charge is 2.60. The van der Waals surface area contributed by atoms with Gasteiger partial charge < -0.3 is 15.4 Å². The molecule has 0 aromatic carbocycles. The molecule has 5 rings (SSSR count). The van der Waals surface area contributed by atoms with Gasteiger partial charge in [-0.25, -0.2) is 4.39 Å². The molecule has 3 saturated carbocycles. The molecule has 2 saturated heterocycles. The molecule has 7 atom stereocenters. The number of rotatable bonds is 4. The van der Waals surface area contributed by atoms with E-state index >= 15 is 4.39 Å². The van der Waals surface area contributed by atoms with Crippen molar-refractivity contribution in [3.8, 4) is 0 Å². The van der Waals surface area contributed by atoms with Crippen molar-refractivity contribution in [1.82, 2.24) is 15.5 Å². The van der Waals surface area contributed by atoms with E-state index in [-0.39, 0.29) is 29.4 Å². The third kappa shape index (κ3) is 4.36. The zero-order chi connectivity index (χ0) is 22.1. The molecule has 3 aliphatic carbocycles. The maximum absolute atomic E-state index is 15.7. The predicted octanol–water partition coefficient (Wildman–Crippen LogP) is 3.81. The fraction of sp³-hybridized carbons (Fsp3) is 0.962. The average Bonchev–Trinajstić information content (AvgIpc) is 3.26. The molecule has 0 aromatic heterocycles. The summed E-state index contributed by atoms with van der Waals surface area (Å²) < 4.78 is 21.2. The number of morpholine rings is 1. The highest BCUT2D eigenvalue weighted by molar-refractivity contribution is 5.82. The maximum atomic E-state index is 15.7. The minimum atomic E-state index is -0.766. The van der Waals surface area contributed by atoms with E-state index in [4.69, 9.17) is 4.74 Å². The normalized spacial score (nSPS) is 44.2. The van der Waals surface area contributed by atoms with Crippen LogP contribution in [0.2, 0.25) is 0 Å². The summed E-state index contributed by atoms with van der Waals surface area (Å²) in [6.07, 6.45) is 12.1. The average molecular weight is 450 g/mol. The molecular weight excluding hydrogens is 405 g/mol. The van der Waals surface area contributed by atoms with Gasteiger partial charge in [-0.15, -0.1) is 0 Å². The number of nitrogens with one attached hydrogen (secondary N) is 2. The molecular formula is C26H44FN3O2. The van der Waals surface area contributed by atoms with Gasteiger partial charge in [-0.05, 0) is 69.6 Å². The SMILES string of the molecule is CC1CCC(F)C2(C3CCCCC3)CC(C(=O)NC3CCCC(N4CCOCC4)C3)NC12. The van der Waals surface area contributed by atoms with Crippen LogP contribution in [-0.4, -0.2) is 67.4 Å². The number of hydrogen-bond acceptors (Lipinski definition) is 4. The second kappa shape index (κ2) is 9.87. The van der Waals surface area contributed by atoms with Crippen LogP contribution in [0.4, 0.5) is 4.39 Å². The quantitative estimate of drug-likeness (QED) is 0.685. The molecule has 6 heteroatoms. The zero-order valence-corrected chi connectivity index (χ0v) is 20.0. The van der Waals surface area contributed by atoms with E-state index in [1.807, 2.05) is 0 Å². The molecule has 7 unspecified atom stereocenters. The van der Waals surface area contributed by atoms with Crippen LogP contribution in [0.15, 0.2) is 0 Å². The number of hydrogen-bond donors (Lipinski definition) is 2. The number of alkyl halides is 1. The fourth-order valence-corrected chi connectivity index (χ4v) is 8.13. The molecule has 5 aliphatic rings. The van der Waals surface area contributed by atoms with Gasteiger partial charge in [-0.1, -0.05) is 26.2 Å². The van der Waals surface area contributed by atoms with Crippen LogP contribution in [-0.2, 0) is 9.53 Å². The van der Waals surface area contributed by atoms with E-state index in [1.165, 1.54) is 32.1 Å². The van der Waals surface area contributed by atoms with Crippen LogP contribution in [0.1, 0.15) is 84.0 Å². The van der Waals surface area contributed by atoms with E-state index in [0.29, 0.717) is 30.7 Å². The first-order valence-corrected chi connectivity index (χ1v) is 13.6. The fourth-order valence-electron chi connectivity index (χ4n) is 8.13. The van der Waals surface area contributed by atoms with Gasteiger partial charge in [0, 0.05) is 36.6 Å². The third-order valence-corrected chi connectivity index (χ3v) is 9.78. The molecule has 5 nitrogen and oxygen atoms in total. The van der Waals surface area contributed by atoms with Crippen molar-refractivity contribution < 1.29 is 13.9 Å². The first-order chi connectivity index (χ1) is 15.6. The molecule has 0 spiro atoms. The Balaban J connectivity index is 1.25. The lowest BCUT2D eigenvalue weighted by molar-refractivity contribution is -0.124. The number of halogens is 1. The van der Waals surface area contributed by atoms with E-state index in [2.05, 4.69) is 22.5 Å². The van der Waals surface area contributed by atoms with Crippen molar-refractivity contribution in [3.05, 3.63) is 0 Å². The van der Waals surface area contributed by atoms with E-state index in [0.717, 1.165) is 58.4 Å². The molecule has 182 valence electrons. The number of nitrogens with zero attached hydrogens (tertiary/aromatic N) is 1. The Hall–Kier alpha value is -0.720. The van der Waals surface area contributed by atoms with Crippen molar-refractivity contribution >= 4 is 5.91 Å². The highest BCUT2D eigenvalue weighted by Crippen LogP contribution is 2.56. The molecule has 0 aromatic rings. The molecule has 0 radical (unpaired) electrons. The Morgan fingerprint density at radius 1 is 1.03 bits per heavy atom. The van der Waals surface area contributed by atoms with Crippen molar-refractivity contribution in [3.63, 3.8) is 0 Å². The van der Waals surface area contributed by atoms with Crippen LogP contribution in [0.3, 0.4) is 0 Å². The van der Waals surface area contributed by atoms with Crippen LogP contribution < -0.4 is 10.6 Å². The molecule has 0 bridgehead atoms. The van der Waals surface area contributed by atoms with E-state index in [1.54, 1.807) is 0 Å². The van der Waals surface area contributed by atoms with Crippen LogP contribution in [0.25, 0.3) is 0 Å². The predicted molar refractivity (Wildman–Crippen MR) is 124 cm³/mol. The minimum Gasteiger partial charge on any atom is -0.379 e. The Bertz CT molecular complexity index is 651. The Kier molecular flexibility index (Phi) is 7.11. The standard InChI is InChI=1S/C26H44FN3O2/c1-18-10-11-23(27)26(19-6-3-2-4-7-19)17-22(29-24(18)26)25(31)28-20-8-5-9-21(16-20)30-12-14-32-15-13-30/h18-24,29H,2-17H2,1H3,(H,28,31). The number of carbonyl (C=O) groups excluding carboxylic acids is 1. The van der Waals surface area contributed by atoms with Crippen molar-refractivity contribution in [2.24, 2.45) is 17.3 Å². The lowest BCUT2D eigenvalue weighted by atomic mass is 9.56. The smallest absolute Gasteiger partial charge is 0.237 e. The molecule has 2 heterocycles. The first kappa shape index (κ1) is 23.0. The van der Waals surface area contributed by atoms with Gasteiger partial charge in [-0.2, -0.15) is 0 Å². The largest absolute Gasteiger partial charge is 0.379 e. The van der Waals surface area contributed by atoms with Crippen molar-refractivity contribution in [2.45, 2.75) is 114 Å². The summed E-state index contributed by atoms with van der Waals surface area (Å²) in [5.41, 5.74) is -0.330. The molecule has 5 fully saturated rings. The highest BCUT2D eigenvalue weighted by atomic mass is 19.1. The van der Waals surface area contributed by atoms with Crippen molar-refractivity contribution in [1.29, 1.82) is 0 Å². The van der Waals surface area contributed by atoms with Gasteiger partial charge in [0.2, 0.25) is 5.91 Å². The maximum Gasteiger partial charge on any atom is 0.237 e. The van der Waals surface area contributed by atoms with Crippen molar-refractivity contribution in [2.75, 3.05) is 26.3 Å². The van der Waals surface area contributed by atoms with Gasteiger partial charge >= 0.3 is 0 Å². The topological polar surface area (TPSA) is 53.6 Å². The lowest BCUT2D eigenvalue weighted by Crippen LogP contribution is -2.55. The van der Waals surface area contributed by atoms with Crippen LogP contribution in [0.5, 0.6) is 0 Å². The zero-order valence-electron chi connectivity index (χ0n) is 20.0. The van der Waals surface area contributed by atoms with E-state index in [9.17, 15) is 4.79 Å². The van der Waals surface area contributed by atoms with Crippen LogP contribution in [0, 0.1) is 17.3 Å². The first-order valence-electron chi connectivity index (χ1n) is 13.6. The summed E-state index contributed by atoms with van der Waals surface area (Å²) in [7, 11) is 0. The van der Waals surface area contributed by atoms with Gasteiger partial charge in [-0.3, -0.25) is 9.69 Å². The molecule has 2 aliphatic heterocycles. The van der Waals surface area contributed by atoms with Gasteiger partial charge in [0.05, 0.1) is 19.3 Å². The van der Waals surface area contributed by atoms with Gasteiger partial charge in [0.15, 0.2) is 0 Å². The second-order valence-electron chi connectivity index (χ2n) is 11.5. The lowest BCUT2D eigenvalue weighted by Gasteiger charge is -2.51.